The molecule has 0 saturated carbocycles. The molecule has 5 nitrogen and oxygen atoms in total. The Bertz CT molecular complexity index is 1010. The Balaban J connectivity index is 1.44. The lowest BCUT2D eigenvalue weighted by Gasteiger charge is -2.28. The molecule has 3 aromatic rings. The highest BCUT2D eigenvalue weighted by molar-refractivity contribution is 6.32. The number of benzene rings is 1. The average molecular weight is 401 g/mol. The van der Waals surface area contributed by atoms with Crippen molar-refractivity contribution in [2.75, 3.05) is 13.1 Å². The molecular formula is C20H18Cl2N4O. The third-order valence-corrected chi connectivity index (χ3v) is 5.41. The topological polar surface area (TPSA) is 61.0 Å². The number of nitrogens with zero attached hydrogens (tertiary/aromatic N) is 2. The van der Waals surface area contributed by atoms with E-state index < -0.39 is 5.50 Å². The molecule has 4 rings (SSSR count). The van der Waals surface area contributed by atoms with E-state index in [0.29, 0.717) is 23.7 Å². The summed E-state index contributed by atoms with van der Waals surface area (Å²) in [6.45, 7) is 1.15. The number of hydrogen-bond acceptors (Lipinski definition) is 2. The molecule has 1 aromatic carbocycles. The Kier molecular flexibility index (Phi) is 5.05. The Morgan fingerprint density at radius 3 is 2.89 bits per heavy atom. The van der Waals surface area contributed by atoms with Crippen molar-refractivity contribution < 1.29 is 4.79 Å². The first-order chi connectivity index (χ1) is 13.1. The second-order valence-electron chi connectivity index (χ2n) is 6.36. The van der Waals surface area contributed by atoms with Crippen molar-refractivity contribution in [1.82, 2.24) is 20.2 Å². The van der Waals surface area contributed by atoms with Gasteiger partial charge in [0.15, 0.2) is 0 Å². The van der Waals surface area contributed by atoms with E-state index >= 15 is 0 Å². The zero-order chi connectivity index (χ0) is 18.8. The third kappa shape index (κ3) is 3.66. The van der Waals surface area contributed by atoms with Crippen LogP contribution in [0.3, 0.4) is 0 Å². The van der Waals surface area contributed by atoms with Gasteiger partial charge in [0, 0.05) is 47.0 Å². The van der Waals surface area contributed by atoms with E-state index in [9.17, 15) is 4.79 Å². The summed E-state index contributed by atoms with van der Waals surface area (Å²) < 4.78 is 0. The van der Waals surface area contributed by atoms with Crippen molar-refractivity contribution in [1.29, 1.82) is 0 Å². The number of urea groups is 1. The van der Waals surface area contributed by atoms with Crippen LogP contribution in [0.2, 0.25) is 5.02 Å². The highest BCUT2D eigenvalue weighted by Crippen LogP contribution is 2.29. The number of aromatic amines is 1. The molecule has 1 aliphatic heterocycles. The highest BCUT2D eigenvalue weighted by Gasteiger charge is 2.22. The van der Waals surface area contributed by atoms with Gasteiger partial charge in [-0.2, -0.15) is 0 Å². The van der Waals surface area contributed by atoms with Gasteiger partial charge in [0.25, 0.3) is 0 Å². The zero-order valence-corrected chi connectivity index (χ0v) is 16.0. The van der Waals surface area contributed by atoms with Crippen LogP contribution in [-0.2, 0) is 0 Å². The van der Waals surface area contributed by atoms with Crippen LogP contribution in [-0.4, -0.2) is 34.0 Å². The van der Waals surface area contributed by atoms with Crippen LogP contribution < -0.4 is 5.32 Å². The van der Waals surface area contributed by atoms with Crippen LogP contribution in [0, 0.1) is 0 Å². The van der Waals surface area contributed by atoms with Gasteiger partial charge in [0.2, 0.25) is 0 Å². The normalized spacial score (nSPS) is 15.5. The van der Waals surface area contributed by atoms with Gasteiger partial charge in [-0.15, -0.1) is 0 Å². The van der Waals surface area contributed by atoms with Crippen LogP contribution in [0.25, 0.3) is 16.6 Å². The molecule has 7 heteroatoms. The molecular weight excluding hydrogens is 383 g/mol. The van der Waals surface area contributed by atoms with Crippen LogP contribution in [0.1, 0.15) is 23.0 Å². The van der Waals surface area contributed by atoms with Gasteiger partial charge < -0.3 is 15.2 Å². The molecule has 0 saturated heterocycles. The minimum absolute atomic E-state index is 0.203. The maximum atomic E-state index is 12.5. The summed E-state index contributed by atoms with van der Waals surface area (Å²) in [4.78, 5) is 21.8. The van der Waals surface area contributed by atoms with E-state index in [0.717, 1.165) is 23.0 Å². The van der Waals surface area contributed by atoms with E-state index in [-0.39, 0.29) is 6.03 Å². The van der Waals surface area contributed by atoms with E-state index in [4.69, 9.17) is 23.2 Å². The van der Waals surface area contributed by atoms with Gasteiger partial charge >= 0.3 is 6.03 Å². The van der Waals surface area contributed by atoms with Crippen LogP contribution in [0.4, 0.5) is 4.79 Å². The van der Waals surface area contributed by atoms with Crippen LogP contribution >= 0.6 is 23.2 Å². The summed E-state index contributed by atoms with van der Waals surface area (Å²) >= 11 is 12.5. The number of H-pyrrole nitrogens is 1. The van der Waals surface area contributed by atoms with E-state index in [2.05, 4.69) is 27.4 Å². The molecule has 0 radical (unpaired) electrons. The average Bonchev–Trinajstić information content (AvgIpc) is 3.12. The summed E-state index contributed by atoms with van der Waals surface area (Å²) in [5.74, 6) is 0. The number of rotatable bonds is 3. The summed E-state index contributed by atoms with van der Waals surface area (Å²) in [6.07, 6.45) is 6.60. The van der Waals surface area contributed by atoms with Gasteiger partial charge in [-0.05, 0) is 30.2 Å². The standard InChI is InChI=1S/C20H18Cl2N4O/c21-17-6-2-1-4-15(17)18(22)25-20(27)26-10-7-13(8-11-26)16-12-24-19-14(16)5-3-9-23-19/h1-7,9,12,18H,8,10-11H2,(H,23,24)(H,25,27). The van der Waals surface area contributed by atoms with Crippen molar-refractivity contribution >= 4 is 45.8 Å². The quantitative estimate of drug-likeness (QED) is 0.482. The third-order valence-electron chi connectivity index (χ3n) is 4.72. The lowest BCUT2D eigenvalue weighted by Crippen LogP contribution is -2.42. The molecule has 0 fully saturated rings. The molecule has 2 amide bonds. The molecule has 2 aromatic heterocycles. The molecule has 1 aliphatic rings. The summed E-state index contributed by atoms with van der Waals surface area (Å²) in [6, 6.07) is 11.0. The SMILES string of the molecule is O=C(NC(Cl)c1ccccc1Cl)N1CC=C(c2c[nH]c3ncccc23)CC1. The van der Waals surface area contributed by atoms with E-state index in [1.807, 2.05) is 24.4 Å². The van der Waals surface area contributed by atoms with Gasteiger partial charge in [-0.1, -0.05) is 47.5 Å². The molecule has 0 aliphatic carbocycles. The van der Waals surface area contributed by atoms with Crippen LogP contribution in [0.15, 0.2) is 54.9 Å². The Morgan fingerprint density at radius 2 is 2.11 bits per heavy atom. The number of hydrogen-bond donors (Lipinski definition) is 2. The fourth-order valence-electron chi connectivity index (χ4n) is 3.28. The van der Waals surface area contributed by atoms with Crippen molar-refractivity contribution in [3.05, 3.63) is 71.0 Å². The lowest BCUT2D eigenvalue weighted by atomic mass is 10.00. The number of pyridine rings is 1. The maximum absolute atomic E-state index is 12.5. The number of carbonyl (C=O) groups is 1. The summed E-state index contributed by atoms with van der Waals surface area (Å²) in [5.41, 5.74) is 3.25. The zero-order valence-electron chi connectivity index (χ0n) is 14.5. The number of halogens is 2. The predicted octanol–water partition coefficient (Wildman–Crippen LogP) is 4.95. The van der Waals surface area contributed by atoms with Crippen molar-refractivity contribution in [2.24, 2.45) is 0 Å². The second kappa shape index (κ2) is 7.62. The highest BCUT2D eigenvalue weighted by atomic mass is 35.5. The Morgan fingerprint density at radius 1 is 1.26 bits per heavy atom. The monoisotopic (exact) mass is 400 g/mol. The lowest BCUT2D eigenvalue weighted by molar-refractivity contribution is 0.202. The van der Waals surface area contributed by atoms with Gasteiger partial charge in [0.05, 0.1) is 0 Å². The number of nitrogens with one attached hydrogen (secondary N) is 2. The smallest absolute Gasteiger partial charge is 0.319 e. The minimum Gasteiger partial charge on any atom is -0.346 e. The predicted molar refractivity (Wildman–Crippen MR) is 109 cm³/mol. The van der Waals surface area contributed by atoms with Gasteiger partial charge in [-0.25, -0.2) is 9.78 Å². The molecule has 1 atom stereocenters. The Labute approximate surface area is 167 Å². The minimum atomic E-state index is -0.670. The van der Waals surface area contributed by atoms with Gasteiger partial charge in [0.1, 0.15) is 11.1 Å². The van der Waals surface area contributed by atoms with Crippen molar-refractivity contribution in [2.45, 2.75) is 11.9 Å². The molecule has 2 N–H and O–H groups in total. The Hall–Kier alpha value is -2.50. The van der Waals surface area contributed by atoms with E-state index in [1.54, 1.807) is 23.2 Å². The molecule has 0 spiro atoms. The molecule has 3 heterocycles. The largest absolute Gasteiger partial charge is 0.346 e. The summed E-state index contributed by atoms with van der Waals surface area (Å²) in [5, 5.41) is 4.44. The number of carbonyl (C=O) groups excluding carboxylic acids is 1. The van der Waals surface area contributed by atoms with Crippen molar-refractivity contribution in [3.63, 3.8) is 0 Å². The fraction of sp³-hybridized carbons (Fsp3) is 0.200. The second-order valence-corrected chi connectivity index (χ2v) is 7.20. The molecule has 1 unspecified atom stereocenters. The number of fused-ring (bicyclic) bond motifs is 1. The number of amides is 2. The van der Waals surface area contributed by atoms with Crippen LogP contribution in [0.5, 0.6) is 0 Å². The first-order valence-electron chi connectivity index (χ1n) is 8.69. The number of aromatic nitrogens is 2. The van der Waals surface area contributed by atoms with E-state index in [1.165, 1.54) is 5.57 Å². The molecule has 138 valence electrons. The maximum Gasteiger partial charge on any atom is 0.319 e. The molecule has 27 heavy (non-hydrogen) atoms. The van der Waals surface area contributed by atoms with Gasteiger partial charge in [-0.3, -0.25) is 0 Å². The first kappa shape index (κ1) is 17.9. The molecule has 0 bridgehead atoms. The summed E-state index contributed by atoms with van der Waals surface area (Å²) in [7, 11) is 0. The first-order valence-corrected chi connectivity index (χ1v) is 9.50. The van der Waals surface area contributed by atoms with Crippen molar-refractivity contribution in [3.8, 4) is 0 Å². The number of alkyl halides is 1. The fourth-order valence-corrected chi connectivity index (χ4v) is 3.86.